The van der Waals surface area contributed by atoms with Gasteiger partial charge in [0, 0.05) is 6.20 Å². The number of carbonyl (C=O) groups excluding carboxylic acids is 1. The van der Waals surface area contributed by atoms with Gasteiger partial charge in [-0.1, -0.05) is 23.7 Å². The van der Waals surface area contributed by atoms with Gasteiger partial charge in [-0.3, -0.25) is 9.78 Å². The maximum absolute atomic E-state index is 11.8. The van der Waals surface area contributed by atoms with Crippen molar-refractivity contribution in [2.45, 2.75) is 26.2 Å². The van der Waals surface area contributed by atoms with E-state index in [-0.39, 0.29) is 17.7 Å². The first-order chi connectivity index (χ1) is 9.67. The first-order valence-corrected chi connectivity index (χ1v) is 6.66. The quantitative estimate of drug-likeness (QED) is 0.789. The van der Waals surface area contributed by atoms with Crippen molar-refractivity contribution in [2.75, 3.05) is 6.61 Å². The molecule has 1 atom stereocenters. The average molecular weight is 296 g/mol. The summed E-state index contributed by atoms with van der Waals surface area (Å²) in [5.41, 5.74) is 0.419. The standard InChI is InChI=1S/C13H14ClN3O3/c1-3-8(13(18)19-4-2)12-16-11(17-20-12)10-9(14)6-5-7-15-10/h5-8H,3-4H2,1-2H3. The Balaban J connectivity index is 2.28. The molecular formula is C13H14ClN3O3. The monoisotopic (exact) mass is 295 g/mol. The maximum Gasteiger partial charge on any atom is 0.318 e. The molecule has 0 radical (unpaired) electrons. The van der Waals surface area contributed by atoms with E-state index in [0.717, 1.165) is 0 Å². The van der Waals surface area contributed by atoms with Crippen molar-refractivity contribution in [1.29, 1.82) is 0 Å². The minimum Gasteiger partial charge on any atom is -0.465 e. The van der Waals surface area contributed by atoms with Crippen molar-refractivity contribution in [3.63, 3.8) is 0 Å². The van der Waals surface area contributed by atoms with Crippen molar-refractivity contribution in [2.24, 2.45) is 0 Å². The Labute approximate surface area is 121 Å². The lowest BCUT2D eigenvalue weighted by atomic mass is 10.1. The minimum absolute atomic E-state index is 0.211. The number of hydrogen-bond donors (Lipinski definition) is 0. The number of hydrogen-bond acceptors (Lipinski definition) is 6. The Kier molecular flexibility index (Phi) is 4.68. The summed E-state index contributed by atoms with van der Waals surface area (Å²) in [7, 11) is 0. The predicted molar refractivity (Wildman–Crippen MR) is 72.2 cm³/mol. The number of esters is 1. The molecule has 0 bridgehead atoms. The molecule has 2 heterocycles. The molecule has 0 aliphatic carbocycles. The maximum atomic E-state index is 11.8. The summed E-state index contributed by atoms with van der Waals surface area (Å²) >= 11 is 6.02. The van der Waals surface area contributed by atoms with Gasteiger partial charge >= 0.3 is 5.97 Å². The van der Waals surface area contributed by atoms with Gasteiger partial charge in [-0.15, -0.1) is 0 Å². The molecule has 0 aliphatic heterocycles. The van der Waals surface area contributed by atoms with E-state index in [2.05, 4.69) is 15.1 Å². The van der Waals surface area contributed by atoms with Crippen molar-refractivity contribution in [3.05, 3.63) is 29.2 Å². The molecular weight excluding hydrogens is 282 g/mol. The van der Waals surface area contributed by atoms with Crippen LogP contribution in [-0.2, 0) is 9.53 Å². The highest BCUT2D eigenvalue weighted by Crippen LogP contribution is 2.26. The highest BCUT2D eigenvalue weighted by atomic mass is 35.5. The van der Waals surface area contributed by atoms with E-state index in [9.17, 15) is 4.79 Å². The molecule has 7 heteroatoms. The van der Waals surface area contributed by atoms with Crippen molar-refractivity contribution in [1.82, 2.24) is 15.1 Å². The molecule has 2 aromatic heterocycles. The van der Waals surface area contributed by atoms with Crippen LogP contribution in [0.5, 0.6) is 0 Å². The third kappa shape index (κ3) is 2.96. The molecule has 20 heavy (non-hydrogen) atoms. The summed E-state index contributed by atoms with van der Waals surface area (Å²) in [6.45, 7) is 3.90. The largest absolute Gasteiger partial charge is 0.465 e. The van der Waals surface area contributed by atoms with Crippen LogP contribution in [0.2, 0.25) is 5.02 Å². The van der Waals surface area contributed by atoms with Crippen LogP contribution in [0.1, 0.15) is 32.1 Å². The fourth-order valence-corrected chi connectivity index (χ4v) is 1.91. The summed E-state index contributed by atoms with van der Waals surface area (Å²) < 4.78 is 10.1. The highest BCUT2D eigenvalue weighted by Gasteiger charge is 2.27. The second-order valence-electron chi connectivity index (χ2n) is 4.00. The number of ether oxygens (including phenoxy) is 1. The third-order valence-electron chi connectivity index (χ3n) is 2.69. The van der Waals surface area contributed by atoms with Crippen LogP contribution in [-0.4, -0.2) is 27.7 Å². The smallest absolute Gasteiger partial charge is 0.318 e. The zero-order valence-corrected chi connectivity index (χ0v) is 11.9. The second-order valence-corrected chi connectivity index (χ2v) is 4.41. The van der Waals surface area contributed by atoms with Crippen LogP contribution in [0.3, 0.4) is 0 Å². The number of halogens is 1. The van der Waals surface area contributed by atoms with Gasteiger partial charge in [0.1, 0.15) is 11.6 Å². The molecule has 0 amide bonds. The number of rotatable bonds is 5. The molecule has 0 saturated heterocycles. The lowest BCUT2D eigenvalue weighted by molar-refractivity contribution is -0.145. The fraction of sp³-hybridized carbons (Fsp3) is 0.385. The number of aromatic nitrogens is 3. The summed E-state index contributed by atoms with van der Waals surface area (Å²) in [5.74, 6) is -0.480. The van der Waals surface area contributed by atoms with Crippen LogP contribution in [0.4, 0.5) is 0 Å². The van der Waals surface area contributed by atoms with Gasteiger partial charge in [0.2, 0.25) is 11.7 Å². The second kappa shape index (κ2) is 6.47. The van der Waals surface area contributed by atoms with Crippen LogP contribution in [0.25, 0.3) is 11.5 Å². The summed E-state index contributed by atoms with van der Waals surface area (Å²) in [6.07, 6.45) is 2.09. The molecule has 0 aromatic carbocycles. The lowest BCUT2D eigenvalue weighted by Gasteiger charge is -2.08. The van der Waals surface area contributed by atoms with Gasteiger partial charge in [0.15, 0.2) is 0 Å². The van der Waals surface area contributed by atoms with E-state index in [1.54, 1.807) is 25.3 Å². The molecule has 0 aliphatic rings. The molecule has 0 fully saturated rings. The Morgan fingerprint density at radius 1 is 1.50 bits per heavy atom. The van der Waals surface area contributed by atoms with Crippen molar-refractivity contribution >= 4 is 17.6 Å². The molecule has 2 aromatic rings. The molecule has 0 N–H and O–H groups in total. The van der Waals surface area contributed by atoms with E-state index in [1.165, 1.54) is 0 Å². The van der Waals surface area contributed by atoms with E-state index >= 15 is 0 Å². The Morgan fingerprint density at radius 2 is 2.30 bits per heavy atom. The summed E-state index contributed by atoms with van der Waals surface area (Å²) in [4.78, 5) is 20.1. The molecule has 0 spiro atoms. The van der Waals surface area contributed by atoms with E-state index in [1.807, 2.05) is 6.92 Å². The molecule has 2 rings (SSSR count). The van der Waals surface area contributed by atoms with Gasteiger partial charge in [0.25, 0.3) is 0 Å². The normalized spacial score (nSPS) is 12.2. The Hall–Kier alpha value is -1.95. The van der Waals surface area contributed by atoms with Gasteiger partial charge in [-0.05, 0) is 25.5 Å². The zero-order valence-electron chi connectivity index (χ0n) is 11.2. The topological polar surface area (TPSA) is 78.1 Å². The predicted octanol–water partition coefficient (Wildman–Crippen LogP) is 2.84. The van der Waals surface area contributed by atoms with Crippen LogP contribution in [0, 0.1) is 0 Å². The lowest BCUT2D eigenvalue weighted by Crippen LogP contribution is -2.15. The van der Waals surface area contributed by atoms with E-state index in [0.29, 0.717) is 23.7 Å². The summed E-state index contributed by atoms with van der Waals surface area (Å²) in [5, 5.41) is 4.24. The molecule has 106 valence electrons. The van der Waals surface area contributed by atoms with Crippen LogP contribution >= 0.6 is 11.6 Å². The average Bonchev–Trinajstić information content (AvgIpc) is 2.90. The SMILES string of the molecule is CCOC(=O)C(CC)c1nc(-c2ncccc2Cl)no1. The highest BCUT2D eigenvalue weighted by molar-refractivity contribution is 6.32. The van der Waals surface area contributed by atoms with Crippen LogP contribution < -0.4 is 0 Å². The molecule has 0 saturated carbocycles. The van der Waals surface area contributed by atoms with Gasteiger partial charge < -0.3 is 9.26 Å². The number of nitrogens with zero attached hydrogens (tertiary/aromatic N) is 3. The minimum atomic E-state index is -0.571. The van der Waals surface area contributed by atoms with Crippen molar-refractivity contribution < 1.29 is 14.1 Å². The number of pyridine rings is 1. The molecule has 6 nitrogen and oxygen atoms in total. The van der Waals surface area contributed by atoms with Gasteiger partial charge in [0.05, 0.1) is 11.6 Å². The first-order valence-electron chi connectivity index (χ1n) is 6.28. The van der Waals surface area contributed by atoms with Gasteiger partial charge in [-0.25, -0.2) is 0 Å². The fourth-order valence-electron chi connectivity index (χ4n) is 1.71. The van der Waals surface area contributed by atoms with Crippen molar-refractivity contribution in [3.8, 4) is 11.5 Å². The Bertz CT molecular complexity index is 600. The van der Waals surface area contributed by atoms with E-state index < -0.39 is 5.92 Å². The van der Waals surface area contributed by atoms with Gasteiger partial charge in [-0.2, -0.15) is 4.98 Å². The number of carbonyl (C=O) groups is 1. The molecule has 1 unspecified atom stereocenters. The van der Waals surface area contributed by atoms with Crippen LogP contribution in [0.15, 0.2) is 22.9 Å². The first kappa shape index (κ1) is 14.5. The zero-order chi connectivity index (χ0) is 14.5. The third-order valence-corrected chi connectivity index (χ3v) is 2.99. The van der Waals surface area contributed by atoms with E-state index in [4.69, 9.17) is 20.9 Å². The summed E-state index contributed by atoms with van der Waals surface area (Å²) in [6, 6.07) is 3.39. The Morgan fingerprint density at radius 3 is 2.95 bits per heavy atom.